The number of imidazole rings is 1. The third-order valence-corrected chi connectivity index (χ3v) is 8.37. The number of rotatable bonds is 9. The average Bonchev–Trinajstić information content (AvgIpc) is 3.28. The first-order chi connectivity index (χ1) is 19.3. The molecule has 4 aromatic rings. The number of benzene rings is 2. The van der Waals surface area contributed by atoms with Crippen LogP contribution in [0.25, 0.3) is 22.3 Å². The molecule has 2 aromatic carbocycles. The van der Waals surface area contributed by atoms with Crippen LogP contribution in [0.3, 0.4) is 0 Å². The molecular formula is C30H37F2N7S. The Hall–Kier alpha value is -3.08. The Labute approximate surface area is 239 Å². The minimum atomic E-state index is -0.614. The SMILES string of the molecule is CCSc1cc(Nc2ncc(F)c(-c3cc(F)c4nc(C)n(C(C)C)c4c3)n2)ccc1CN1CCN(CC)CC1. The van der Waals surface area contributed by atoms with E-state index in [0.29, 0.717) is 16.9 Å². The van der Waals surface area contributed by atoms with Gasteiger partial charge in [0.2, 0.25) is 5.95 Å². The Morgan fingerprint density at radius 2 is 1.73 bits per heavy atom. The van der Waals surface area contributed by atoms with Crippen LogP contribution < -0.4 is 5.32 Å². The molecule has 0 amide bonds. The van der Waals surface area contributed by atoms with E-state index in [4.69, 9.17) is 0 Å². The second kappa shape index (κ2) is 12.2. The summed E-state index contributed by atoms with van der Waals surface area (Å²) >= 11 is 1.80. The molecule has 0 unspecified atom stereocenters. The fourth-order valence-electron chi connectivity index (χ4n) is 5.37. The van der Waals surface area contributed by atoms with Crippen LogP contribution in [0, 0.1) is 18.6 Å². The van der Waals surface area contributed by atoms with Crippen molar-refractivity contribution in [2.24, 2.45) is 0 Å². The summed E-state index contributed by atoms with van der Waals surface area (Å²) in [5, 5.41) is 3.24. The Kier molecular flexibility index (Phi) is 8.68. The highest BCUT2D eigenvalue weighted by Crippen LogP contribution is 2.32. The lowest BCUT2D eigenvalue weighted by atomic mass is 10.1. The lowest BCUT2D eigenvalue weighted by molar-refractivity contribution is 0.131. The molecule has 0 bridgehead atoms. The summed E-state index contributed by atoms with van der Waals surface area (Å²) in [6, 6.07) is 9.38. The standard InChI is InChI=1S/C30H37F2N7S/c1-6-37-10-12-38(13-11-37)18-21-8-9-23(16-27(21)40-7-2)35-30-33-17-25(32)28(36-30)22-14-24(31)29-26(15-22)39(19(3)4)20(5)34-29/h8-9,14-17,19H,6-7,10-13,18H2,1-5H3,(H,33,35,36). The number of halogens is 2. The van der Waals surface area contributed by atoms with Crippen molar-refractivity contribution in [3.8, 4) is 11.3 Å². The minimum absolute atomic E-state index is 0.0402. The molecule has 10 heteroatoms. The minimum Gasteiger partial charge on any atom is -0.326 e. The number of hydrogen-bond acceptors (Lipinski definition) is 7. The topological polar surface area (TPSA) is 62.1 Å². The number of piperazine rings is 1. The van der Waals surface area contributed by atoms with E-state index in [1.165, 1.54) is 16.5 Å². The number of nitrogens with one attached hydrogen (secondary N) is 1. The molecule has 5 rings (SSSR count). The van der Waals surface area contributed by atoms with Gasteiger partial charge in [0.1, 0.15) is 17.0 Å². The normalized spacial score (nSPS) is 14.9. The van der Waals surface area contributed by atoms with Gasteiger partial charge >= 0.3 is 0 Å². The van der Waals surface area contributed by atoms with Gasteiger partial charge in [-0.15, -0.1) is 11.8 Å². The predicted octanol–water partition coefficient (Wildman–Crippen LogP) is 6.65. The lowest BCUT2D eigenvalue weighted by Gasteiger charge is -2.34. The molecule has 1 aliphatic heterocycles. The van der Waals surface area contributed by atoms with E-state index in [-0.39, 0.29) is 23.2 Å². The second-order valence-electron chi connectivity index (χ2n) is 10.4. The maximum atomic E-state index is 15.1. The van der Waals surface area contributed by atoms with Crippen molar-refractivity contribution in [1.82, 2.24) is 29.3 Å². The molecule has 1 N–H and O–H groups in total. The predicted molar refractivity (Wildman–Crippen MR) is 159 cm³/mol. The zero-order chi connectivity index (χ0) is 28.4. The summed E-state index contributed by atoms with van der Waals surface area (Å²) in [6.07, 6.45) is 1.13. The number of aryl methyl sites for hydroxylation is 1. The molecule has 40 heavy (non-hydrogen) atoms. The highest BCUT2D eigenvalue weighted by Gasteiger charge is 2.20. The fraction of sp³-hybridized carbons (Fsp3) is 0.433. The van der Waals surface area contributed by atoms with E-state index in [1.54, 1.807) is 17.8 Å². The fourth-order valence-corrected chi connectivity index (χ4v) is 6.21. The van der Waals surface area contributed by atoms with E-state index in [0.717, 1.165) is 56.9 Å². The molecule has 1 saturated heterocycles. The highest BCUT2D eigenvalue weighted by molar-refractivity contribution is 7.99. The van der Waals surface area contributed by atoms with Gasteiger partial charge in [0.25, 0.3) is 0 Å². The maximum absolute atomic E-state index is 15.1. The molecule has 0 spiro atoms. The molecule has 2 aromatic heterocycles. The Bertz CT molecular complexity index is 1500. The third kappa shape index (κ3) is 5.99. The summed E-state index contributed by atoms with van der Waals surface area (Å²) in [5.74, 6) is 0.797. The van der Waals surface area contributed by atoms with Gasteiger partial charge in [0.05, 0.1) is 11.7 Å². The van der Waals surface area contributed by atoms with Gasteiger partial charge in [0, 0.05) is 54.9 Å². The van der Waals surface area contributed by atoms with E-state index < -0.39 is 11.6 Å². The van der Waals surface area contributed by atoms with Gasteiger partial charge in [-0.05, 0) is 62.9 Å². The second-order valence-corrected chi connectivity index (χ2v) is 11.7. The van der Waals surface area contributed by atoms with Crippen LogP contribution in [0.1, 0.15) is 45.1 Å². The maximum Gasteiger partial charge on any atom is 0.227 e. The van der Waals surface area contributed by atoms with Crippen LogP contribution in [0.15, 0.2) is 41.4 Å². The van der Waals surface area contributed by atoms with Crippen LogP contribution in [0.5, 0.6) is 0 Å². The summed E-state index contributed by atoms with van der Waals surface area (Å²) in [6.45, 7) is 16.6. The van der Waals surface area contributed by atoms with Gasteiger partial charge in [0.15, 0.2) is 11.6 Å². The average molecular weight is 566 g/mol. The van der Waals surface area contributed by atoms with Crippen molar-refractivity contribution >= 4 is 34.4 Å². The first-order valence-corrected chi connectivity index (χ1v) is 14.9. The van der Waals surface area contributed by atoms with Crippen molar-refractivity contribution in [3.05, 3.63) is 59.6 Å². The van der Waals surface area contributed by atoms with Gasteiger partial charge in [-0.3, -0.25) is 4.90 Å². The molecular weight excluding hydrogens is 528 g/mol. The van der Waals surface area contributed by atoms with E-state index >= 15 is 4.39 Å². The summed E-state index contributed by atoms with van der Waals surface area (Å²) in [7, 11) is 0. The number of nitrogens with zero attached hydrogens (tertiary/aromatic N) is 6. The van der Waals surface area contributed by atoms with Gasteiger partial charge in [-0.2, -0.15) is 0 Å². The van der Waals surface area contributed by atoms with Gasteiger partial charge < -0.3 is 14.8 Å². The highest BCUT2D eigenvalue weighted by atomic mass is 32.2. The largest absolute Gasteiger partial charge is 0.326 e. The summed E-state index contributed by atoms with van der Waals surface area (Å²) in [5.41, 5.74) is 3.39. The van der Waals surface area contributed by atoms with Crippen molar-refractivity contribution in [1.29, 1.82) is 0 Å². The zero-order valence-corrected chi connectivity index (χ0v) is 24.7. The third-order valence-electron chi connectivity index (χ3n) is 7.39. The quantitative estimate of drug-likeness (QED) is 0.228. The molecule has 7 nitrogen and oxygen atoms in total. The van der Waals surface area contributed by atoms with Gasteiger partial charge in [-0.25, -0.2) is 23.7 Å². The number of anilines is 2. The smallest absolute Gasteiger partial charge is 0.227 e. The first kappa shape index (κ1) is 28.4. The van der Waals surface area contributed by atoms with Crippen molar-refractivity contribution in [2.75, 3.05) is 43.8 Å². The number of fused-ring (bicyclic) bond motifs is 1. The number of aromatic nitrogens is 4. The Balaban J connectivity index is 1.41. The van der Waals surface area contributed by atoms with E-state index in [1.807, 2.05) is 31.4 Å². The molecule has 1 aliphatic rings. The van der Waals surface area contributed by atoms with Crippen molar-refractivity contribution in [3.63, 3.8) is 0 Å². The molecule has 0 radical (unpaired) electrons. The molecule has 0 aliphatic carbocycles. The monoisotopic (exact) mass is 565 g/mol. The van der Waals surface area contributed by atoms with E-state index in [2.05, 4.69) is 56.0 Å². The van der Waals surface area contributed by atoms with Crippen LogP contribution in [0.2, 0.25) is 0 Å². The summed E-state index contributed by atoms with van der Waals surface area (Å²) < 4.78 is 32.0. The van der Waals surface area contributed by atoms with Crippen LogP contribution in [0.4, 0.5) is 20.4 Å². The lowest BCUT2D eigenvalue weighted by Crippen LogP contribution is -2.45. The first-order valence-electron chi connectivity index (χ1n) is 14.0. The van der Waals surface area contributed by atoms with E-state index in [9.17, 15) is 4.39 Å². The molecule has 0 saturated carbocycles. The summed E-state index contributed by atoms with van der Waals surface area (Å²) in [4.78, 5) is 19.2. The molecule has 1 fully saturated rings. The van der Waals surface area contributed by atoms with Gasteiger partial charge in [-0.1, -0.05) is 19.9 Å². The molecule has 3 heterocycles. The van der Waals surface area contributed by atoms with Crippen molar-refractivity contribution in [2.45, 2.75) is 52.1 Å². The van der Waals surface area contributed by atoms with Crippen molar-refractivity contribution < 1.29 is 8.78 Å². The molecule has 0 atom stereocenters. The Morgan fingerprint density at radius 3 is 2.42 bits per heavy atom. The number of thioether (sulfide) groups is 1. The number of hydrogen-bond donors (Lipinski definition) is 1. The zero-order valence-electron chi connectivity index (χ0n) is 23.8. The van der Waals surface area contributed by atoms with Crippen LogP contribution >= 0.6 is 11.8 Å². The van der Waals surface area contributed by atoms with Crippen LogP contribution in [-0.2, 0) is 6.54 Å². The number of likely N-dealkylation sites (N-methyl/N-ethyl adjacent to an activating group) is 1. The molecule has 212 valence electrons. The Morgan fingerprint density at radius 1 is 0.975 bits per heavy atom. The van der Waals surface area contributed by atoms with Crippen LogP contribution in [-0.4, -0.2) is 67.8 Å².